The minimum absolute atomic E-state index is 0.0150. The Morgan fingerprint density at radius 2 is 1.44 bits per heavy atom. The van der Waals surface area contributed by atoms with Gasteiger partial charge in [-0.05, 0) is 55.2 Å². The molecule has 7 heteroatoms. The van der Waals surface area contributed by atoms with Gasteiger partial charge < -0.3 is 4.74 Å². The molecule has 2 aromatic rings. The van der Waals surface area contributed by atoms with E-state index in [1.807, 2.05) is 0 Å². The number of fused-ring (bicyclic) bond motifs is 1. The van der Waals surface area contributed by atoms with Gasteiger partial charge in [-0.25, -0.2) is 23.1 Å². The van der Waals surface area contributed by atoms with Gasteiger partial charge in [0.15, 0.2) is 11.6 Å². The third kappa shape index (κ3) is 9.15. The van der Waals surface area contributed by atoms with Crippen molar-refractivity contribution in [2.75, 3.05) is 6.61 Å². The Morgan fingerprint density at radius 3 is 2.12 bits per heavy atom. The maximum atomic E-state index is 15.6. The van der Waals surface area contributed by atoms with Crippen LogP contribution in [0.2, 0.25) is 0 Å². The highest BCUT2D eigenvalue weighted by atomic mass is 19.3. The molecule has 1 aromatic carbocycles. The Balaban J connectivity index is 1.25. The van der Waals surface area contributed by atoms with E-state index in [4.69, 9.17) is 4.74 Å². The summed E-state index contributed by atoms with van der Waals surface area (Å²) in [6.45, 7) is 2.38. The van der Waals surface area contributed by atoms with Crippen molar-refractivity contribution in [2.24, 2.45) is 5.92 Å². The maximum Gasteiger partial charge on any atom is 0.286 e. The second kappa shape index (κ2) is 15.9. The van der Waals surface area contributed by atoms with Crippen LogP contribution in [0.4, 0.5) is 17.6 Å². The number of hydrogen-bond donors (Lipinski definition) is 0. The number of rotatable bonds is 19. The first-order valence-electron chi connectivity index (χ1n) is 16.2. The number of ether oxygens (including phenoxy) is 1. The van der Waals surface area contributed by atoms with Gasteiger partial charge in [-0.2, -0.15) is 4.39 Å². The molecule has 0 aliphatic heterocycles. The number of halogens is 4. The first-order chi connectivity index (χ1) is 19.9. The van der Waals surface area contributed by atoms with Crippen LogP contribution in [0.1, 0.15) is 145 Å². The fourth-order valence-corrected chi connectivity index (χ4v) is 6.05. The second-order valence-corrected chi connectivity index (χ2v) is 12.3. The summed E-state index contributed by atoms with van der Waals surface area (Å²) in [5.41, 5.74) is 0.142. The minimum Gasteiger partial charge on any atom is -0.490 e. The molecule has 1 unspecified atom stereocenters. The van der Waals surface area contributed by atoms with Gasteiger partial charge in [-0.3, -0.25) is 0 Å². The van der Waals surface area contributed by atoms with Crippen LogP contribution >= 0.6 is 0 Å². The SMILES string of the molecule is CCCCCCCCOc1cc2c(c(F)c1F)C(F)(F)C(c1ncc(CCCCCCCCCC3CC3)cn1)CC2. The van der Waals surface area contributed by atoms with E-state index in [9.17, 15) is 4.39 Å². The van der Waals surface area contributed by atoms with Gasteiger partial charge in [0, 0.05) is 12.4 Å². The van der Waals surface area contributed by atoms with Crippen LogP contribution in [-0.4, -0.2) is 16.6 Å². The lowest BCUT2D eigenvalue weighted by Crippen LogP contribution is -2.33. The van der Waals surface area contributed by atoms with E-state index in [2.05, 4.69) is 16.9 Å². The molecule has 0 amide bonds. The lowest BCUT2D eigenvalue weighted by molar-refractivity contribution is -0.0499. The average molecular weight is 577 g/mol. The van der Waals surface area contributed by atoms with Crippen molar-refractivity contribution in [1.29, 1.82) is 0 Å². The van der Waals surface area contributed by atoms with Gasteiger partial charge in [-0.15, -0.1) is 0 Å². The van der Waals surface area contributed by atoms with Gasteiger partial charge in [0.1, 0.15) is 5.82 Å². The summed E-state index contributed by atoms with van der Waals surface area (Å²) in [7, 11) is 0. The molecule has 0 saturated heterocycles. The van der Waals surface area contributed by atoms with Gasteiger partial charge in [0.2, 0.25) is 5.82 Å². The molecule has 1 aromatic heterocycles. The normalized spacial score (nSPS) is 17.9. The smallest absolute Gasteiger partial charge is 0.286 e. The Hall–Kier alpha value is -2.18. The number of hydrogen-bond acceptors (Lipinski definition) is 3. The topological polar surface area (TPSA) is 35.0 Å². The summed E-state index contributed by atoms with van der Waals surface area (Å²) in [6.07, 6.45) is 23.4. The van der Waals surface area contributed by atoms with E-state index >= 15 is 13.2 Å². The summed E-state index contributed by atoms with van der Waals surface area (Å²) in [4.78, 5) is 8.51. The highest BCUT2D eigenvalue weighted by molar-refractivity contribution is 5.44. The molecule has 0 spiro atoms. The monoisotopic (exact) mass is 576 g/mol. The fourth-order valence-electron chi connectivity index (χ4n) is 6.05. The van der Waals surface area contributed by atoms with E-state index in [0.29, 0.717) is 6.42 Å². The molecular formula is C34H48F4N2O. The predicted octanol–water partition coefficient (Wildman–Crippen LogP) is 10.4. The van der Waals surface area contributed by atoms with Crippen LogP contribution < -0.4 is 4.74 Å². The summed E-state index contributed by atoms with van der Waals surface area (Å²) in [6, 6.07) is 1.26. The molecule has 2 aliphatic carbocycles. The van der Waals surface area contributed by atoms with Gasteiger partial charge in [-0.1, -0.05) is 96.8 Å². The largest absolute Gasteiger partial charge is 0.490 e. The van der Waals surface area contributed by atoms with E-state index in [-0.39, 0.29) is 36.6 Å². The van der Waals surface area contributed by atoms with Gasteiger partial charge in [0.05, 0.1) is 18.1 Å². The molecule has 1 heterocycles. The van der Waals surface area contributed by atoms with Crippen LogP contribution in [0.3, 0.4) is 0 Å². The van der Waals surface area contributed by atoms with E-state index in [0.717, 1.165) is 56.4 Å². The molecule has 4 rings (SSSR count). The van der Waals surface area contributed by atoms with Crippen LogP contribution in [0.5, 0.6) is 5.75 Å². The maximum absolute atomic E-state index is 15.6. The molecule has 1 saturated carbocycles. The zero-order valence-corrected chi connectivity index (χ0v) is 24.8. The lowest BCUT2D eigenvalue weighted by atomic mass is 9.79. The highest BCUT2D eigenvalue weighted by Gasteiger charge is 2.50. The number of aromatic nitrogens is 2. The van der Waals surface area contributed by atoms with Crippen molar-refractivity contribution in [3.63, 3.8) is 0 Å². The molecule has 228 valence electrons. The summed E-state index contributed by atoms with van der Waals surface area (Å²) >= 11 is 0. The standard InChI is InChI=1S/C34H48F4N2O/c1-2-3-4-5-11-14-21-41-29-22-27-19-20-28(34(37,38)30(27)32(36)31(29)35)33-39-23-26(24-40-33)16-13-10-8-6-7-9-12-15-25-17-18-25/h22-25,28H,2-21H2,1H3. The molecule has 0 bridgehead atoms. The zero-order chi connectivity index (χ0) is 29.1. The van der Waals surface area contributed by atoms with Crippen LogP contribution in [0.25, 0.3) is 0 Å². The number of alkyl halides is 2. The second-order valence-electron chi connectivity index (χ2n) is 12.3. The van der Waals surface area contributed by atoms with E-state index in [1.165, 1.54) is 63.9 Å². The molecule has 0 radical (unpaired) electrons. The number of benzene rings is 1. The number of nitrogens with zero attached hydrogens (tertiary/aromatic N) is 2. The van der Waals surface area contributed by atoms with Crippen molar-refractivity contribution in [1.82, 2.24) is 9.97 Å². The number of aryl methyl sites for hydroxylation is 2. The Bertz CT molecular complexity index is 1070. The van der Waals surface area contributed by atoms with Crippen molar-refractivity contribution in [2.45, 2.75) is 141 Å². The third-order valence-corrected chi connectivity index (χ3v) is 8.80. The Morgan fingerprint density at radius 1 is 0.805 bits per heavy atom. The molecule has 1 fully saturated rings. The fraction of sp³-hybridized carbons (Fsp3) is 0.706. The predicted molar refractivity (Wildman–Crippen MR) is 156 cm³/mol. The first kappa shape index (κ1) is 31.7. The number of unbranched alkanes of at least 4 members (excludes halogenated alkanes) is 11. The quantitative estimate of drug-likeness (QED) is 0.123. The molecule has 3 nitrogen and oxygen atoms in total. The third-order valence-electron chi connectivity index (χ3n) is 8.80. The van der Waals surface area contributed by atoms with Gasteiger partial charge >= 0.3 is 0 Å². The molecule has 0 N–H and O–H groups in total. The Kier molecular flexibility index (Phi) is 12.3. The van der Waals surface area contributed by atoms with Crippen molar-refractivity contribution < 1.29 is 22.3 Å². The van der Waals surface area contributed by atoms with Crippen LogP contribution in [0, 0.1) is 17.6 Å². The van der Waals surface area contributed by atoms with Crippen molar-refractivity contribution in [3.8, 4) is 5.75 Å². The minimum atomic E-state index is -3.61. The van der Waals surface area contributed by atoms with E-state index in [1.54, 1.807) is 12.4 Å². The van der Waals surface area contributed by atoms with Crippen LogP contribution in [0.15, 0.2) is 18.5 Å². The first-order valence-corrected chi connectivity index (χ1v) is 16.2. The Labute approximate surface area is 243 Å². The lowest BCUT2D eigenvalue weighted by Gasteiger charge is -2.33. The summed E-state index contributed by atoms with van der Waals surface area (Å²) in [5, 5.41) is 0. The summed E-state index contributed by atoms with van der Waals surface area (Å²) in [5.74, 6) is -7.14. The van der Waals surface area contributed by atoms with Crippen LogP contribution in [-0.2, 0) is 18.8 Å². The molecule has 2 aliphatic rings. The average Bonchev–Trinajstić information content (AvgIpc) is 3.79. The molecule has 1 atom stereocenters. The van der Waals surface area contributed by atoms with Crippen molar-refractivity contribution >= 4 is 0 Å². The van der Waals surface area contributed by atoms with E-state index < -0.39 is 29.0 Å². The van der Waals surface area contributed by atoms with Crippen molar-refractivity contribution in [3.05, 3.63) is 52.6 Å². The highest BCUT2D eigenvalue weighted by Crippen LogP contribution is 2.51. The summed E-state index contributed by atoms with van der Waals surface area (Å²) < 4.78 is 66.5. The molecule has 41 heavy (non-hydrogen) atoms. The molecular weight excluding hydrogens is 528 g/mol. The zero-order valence-electron chi connectivity index (χ0n) is 24.8. The van der Waals surface area contributed by atoms with Gasteiger partial charge in [0.25, 0.3) is 5.92 Å².